The molecule has 6 nitrogen and oxygen atoms in total. The molecule has 0 saturated carbocycles. The number of aliphatic hydroxyl groups is 1. The second-order valence-electron chi connectivity index (χ2n) is 8.07. The van der Waals surface area contributed by atoms with E-state index in [0.29, 0.717) is 18.3 Å². The van der Waals surface area contributed by atoms with Gasteiger partial charge in [-0.2, -0.15) is 0 Å². The number of hydrogen-bond acceptors (Lipinski definition) is 5. The lowest BCUT2D eigenvalue weighted by Gasteiger charge is -2.13. The number of fused-ring (bicyclic) bond motifs is 1. The number of ether oxygens (including phenoxy) is 1. The summed E-state index contributed by atoms with van der Waals surface area (Å²) in [7, 11) is 0. The molecule has 32 heavy (non-hydrogen) atoms. The van der Waals surface area contributed by atoms with Crippen LogP contribution in [0.15, 0.2) is 67.1 Å². The van der Waals surface area contributed by atoms with Crippen molar-refractivity contribution in [2.45, 2.75) is 27.3 Å². The molecular weight excluding hydrogens is 400 g/mol. The fourth-order valence-corrected chi connectivity index (χ4v) is 3.51. The molecule has 2 heterocycles. The second-order valence-corrected chi connectivity index (χ2v) is 8.07. The van der Waals surface area contributed by atoms with Crippen molar-refractivity contribution in [1.82, 2.24) is 14.5 Å². The molecule has 0 fully saturated rings. The summed E-state index contributed by atoms with van der Waals surface area (Å²) in [6, 6.07) is 16.0. The topological polar surface area (TPSA) is 72.2 Å². The number of nitrogens with one attached hydrogen (secondary N) is 1. The zero-order valence-corrected chi connectivity index (χ0v) is 18.6. The van der Waals surface area contributed by atoms with Gasteiger partial charge < -0.3 is 19.7 Å². The number of allylic oxidation sites excluding steroid dienone is 1. The quantitative estimate of drug-likeness (QED) is 0.363. The molecule has 0 aliphatic heterocycles. The van der Waals surface area contributed by atoms with Crippen LogP contribution in [0.5, 0.6) is 11.5 Å². The minimum atomic E-state index is 0.0533. The number of aryl methyl sites for hydroxylation is 1. The first-order valence-corrected chi connectivity index (χ1v) is 10.8. The Morgan fingerprint density at radius 3 is 2.78 bits per heavy atom. The Labute approximate surface area is 188 Å². The van der Waals surface area contributed by atoms with Gasteiger partial charge in [0.1, 0.15) is 23.3 Å². The fourth-order valence-electron chi connectivity index (χ4n) is 3.51. The van der Waals surface area contributed by atoms with E-state index in [2.05, 4.69) is 47.4 Å². The van der Waals surface area contributed by atoms with Gasteiger partial charge >= 0.3 is 0 Å². The first kappa shape index (κ1) is 21.6. The summed E-state index contributed by atoms with van der Waals surface area (Å²) in [5, 5.41) is 12.7. The largest absolute Gasteiger partial charge is 0.457 e. The van der Waals surface area contributed by atoms with Crippen LogP contribution in [-0.2, 0) is 6.54 Å². The van der Waals surface area contributed by atoms with E-state index < -0.39 is 0 Å². The van der Waals surface area contributed by atoms with Gasteiger partial charge in [0, 0.05) is 18.4 Å². The van der Waals surface area contributed by atoms with Crippen LogP contribution in [0, 0.1) is 12.8 Å². The van der Waals surface area contributed by atoms with Crippen LogP contribution in [0.2, 0.25) is 0 Å². The van der Waals surface area contributed by atoms with Gasteiger partial charge in [-0.25, -0.2) is 9.97 Å². The molecule has 6 heteroatoms. The SMILES string of the molecule is Cc1cc(Nc2ncnc3ccn(CCO)c23)ccc1Oc1cccc(/C=C/C(C)C)c1. The van der Waals surface area contributed by atoms with Crippen LogP contribution < -0.4 is 10.1 Å². The Kier molecular flexibility index (Phi) is 6.52. The molecule has 0 atom stereocenters. The van der Waals surface area contributed by atoms with Crippen molar-refractivity contribution in [3.05, 3.63) is 78.3 Å². The average Bonchev–Trinajstić information content (AvgIpc) is 3.19. The van der Waals surface area contributed by atoms with Crippen molar-refractivity contribution in [1.29, 1.82) is 0 Å². The molecule has 0 bridgehead atoms. The number of hydrogen-bond donors (Lipinski definition) is 2. The van der Waals surface area contributed by atoms with Gasteiger partial charge in [-0.05, 0) is 60.4 Å². The van der Waals surface area contributed by atoms with Crippen LogP contribution >= 0.6 is 0 Å². The van der Waals surface area contributed by atoms with Crippen molar-refractivity contribution in [3.8, 4) is 11.5 Å². The summed E-state index contributed by atoms with van der Waals surface area (Å²) in [6.07, 6.45) is 7.74. The summed E-state index contributed by atoms with van der Waals surface area (Å²) < 4.78 is 8.10. The maximum absolute atomic E-state index is 9.34. The highest BCUT2D eigenvalue weighted by Gasteiger charge is 2.10. The number of benzene rings is 2. The molecule has 0 saturated heterocycles. The van der Waals surface area contributed by atoms with Gasteiger partial charge in [-0.3, -0.25) is 0 Å². The number of nitrogens with zero attached hydrogens (tertiary/aromatic N) is 3. The first-order valence-electron chi connectivity index (χ1n) is 10.8. The van der Waals surface area contributed by atoms with Crippen molar-refractivity contribution in [2.75, 3.05) is 11.9 Å². The Morgan fingerprint density at radius 2 is 2.00 bits per heavy atom. The van der Waals surface area contributed by atoms with Crippen LogP contribution in [0.25, 0.3) is 17.1 Å². The molecule has 0 aliphatic carbocycles. The Bertz CT molecular complexity index is 1240. The van der Waals surface area contributed by atoms with Crippen molar-refractivity contribution in [2.24, 2.45) is 5.92 Å². The summed E-state index contributed by atoms with van der Waals surface area (Å²) in [5.41, 5.74) is 4.73. The number of aromatic nitrogens is 3. The van der Waals surface area contributed by atoms with E-state index in [1.165, 1.54) is 0 Å². The van der Waals surface area contributed by atoms with Crippen molar-refractivity contribution < 1.29 is 9.84 Å². The number of rotatable bonds is 8. The fraction of sp³-hybridized carbons (Fsp3) is 0.231. The maximum atomic E-state index is 9.34. The molecule has 0 unspecified atom stereocenters. The number of aliphatic hydroxyl groups excluding tert-OH is 1. The molecule has 0 spiro atoms. The van der Waals surface area contributed by atoms with Crippen LogP contribution in [0.3, 0.4) is 0 Å². The monoisotopic (exact) mass is 428 g/mol. The minimum absolute atomic E-state index is 0.0533. The van der Waals surface area contributed by atoms with Crippen molar-refractivity contribution in [3.63, 3.8) is 0 Å². The second kappa shape index (κ2) is 9.66. The minimum Gasteiger partial charge on any atom is -0.457 e. The van der Waals surface area contributed by atoms with E-state index in [-0.39, 0.29) is 6.61 Å². The van der Waals surface area contributed by atoms with E-state index in [1.807, 2.05) is 60.2 Å². The van der Waals surface area contributed by atoms with Crippen molar-refractivity contribution >= 4 is 28.6 Å². The van der Waals surface area contributed by atoms with Gasteiger partial charge in [0.05, 0.1) is 12.1 Å². The van der Waals surface area contributed by atoms with Crippen LogP contribution in [0.1, 0.15) is 25.0 Å². The summed E-state index contributed by atoms with van der Waals surface area (Å²) in [6.45, 7) is 6.88. The van der Waals surface area contributed by atoms with E-state index in [0.717, 1.165) is 39.3 Å². The molecule has 0 aliphatic rings. The molecule has 2 N–H and O–H groups in total. The lowest BCUT2D eigenvalue weighted by Crippen LogP contribution is -2.04. The van der Waals surface area contributed by atoms with E-state index >= 15 is 0 Å². The predicted octanol–water partition coefficient (Wildman–Crippen LogP) is 5.94. The molecule has 2 aromatic heterocycles. The maximum Gasteiger partial charge on any atom is 0.158 e. The first-order chi connectivity index (χ1) is 15.5. The van der Waals surface area contributed by atoms with Gasteiger partial charge in [-0.15, -0.1) is 0 Å². The third kappa shape index (κ3) is 4.98. The van der Waals surface area contributed by atoms with Gasteiger partial charge in [-0.1, -0.05) is 38.1 Å². The highest BCUT2D eigenvalue weighted by Crippen LogP contribution is 2.30. The van der Waals surface area contributed by atoms with E-state index in [9.17, 15) is 5.11 Å². The van der Waals surface area contributed by atoms with E-state index in [1.54, 1.807) is 6.33 Å². The van der Waals surface area contributed by atoms with E-state index in [4.69, 9.17) is 4.74 Å². The molecular formula is C26H28N4O2. The summed E-state index contributed by atoms with van der Waals surface area (Å²) in [5.74, 6) is 2.81. The summed E-state index contributed by atoms with van der Waals surface area (Å²) >= 11 is 0. The number of anilines is 2. The lowest BCUT2D eigenvalue weighted by molar-refractivity contribution is 0.278. The van der Waals surface area contributed by atoms with Crippen LogP contribution in [-0.4, -0.2) is 26.2 Å². The third-order valence-electron chi connectivity index (χ3n) is 5.09. The smallest absolute Gasteiger partial charge is 0.158 e. The highest BCUT2D eigenvalue weighted by atomic mass is 16.5. The average molecular weight is 429 g/mol. The molecule has 164 valence electrons. The van der Waals surface area contributed by atoms with Gasteiger partial charge in [0.15, 0.2) is 5.82 Å². The Morgan fingerprint density at radius 1 is 1.12 bits per heavy atom. The van der Waals surface area contributed by atoms with Gasteiger partial charge in [0.25, 0.3) is 0 Å². The highest BCUT2D eigenvalue weighted by molar-refractivity contribution is 5.88. The molecule has 4 aromatic rings. The zero-order valence-electron chi connectivity index (χ0n) is 18.6. The zero-order chi connectivity index (χ0) is 22.5. The predicted molar refractivity (Wildman–Crippen MR) is 129 cm³/mol. The third-order valence-corrected chi connectivity index (χ3v) is 5.09. The summed E-state index contributed by atoms with van der Waals surface area (Å²) in [4.78, 5) is 8.73. The Balaban J connectivity index is 1.54. The van der Waals surface area contributed by atoms with Crippen LogP contribution in [0.4, 0.5) is 11.5 Å². The molecule has 0 radical (unpaired) electrons. The molecule has 2 aromatic carbocycles. The lowest BCUT2D eigenvalue weighted by atomic mass is 10.1. The molecule has 4 rings (SSSR count). The Hall–Kier alpha value is -3.64. The van der Waals surface area contributed by atoms with Gasteiger partial charge in [0.2, 0.25) is 0 Å². The molecule has 0 amide bonds. The standard InChI is InChI=1S/C26H28N4O2/c1-18(2)7-8-20-5-4-6-22(16-20)32-24-10-9-21(15-19(24)3)29-26-25-23(27-17-28-26)11-12-30(25)13-14-31/h4-12,15-18,31H,13-14H2,1-3H3,(H,27,28,29)/b8-7+. The normalized spacial score (nSPS) is 11.5.